The van der Waals surface area contributed by atoms with Crippen molar-refractivity contribution in [3.8, 4) is 0 Å². The Morgan fingerprint density at radius 1 is 1.30 bits per heavy atom. The molecule has 2 fully saturated rings. The minimum absolute atomic E-state index is 0.0830. The van der Waals surface area contributed by atoms with Crippen LogP contribution in [0.15, 0.2) is 0 Å². The first-order valence-corrected chi connectivity index (χ1v) is 6.99. The van der Waals surface area contributed by atoms with Crippen molar-refractivity contribution in [2.75, 3.05) is 46.5 Å². The van der Waals surface area contributed by atoms with Crippen molar-refractivity contribution in [3.63, 3.8) is 0 Å². The van der Waals surface area contributed by atoms with Crippen molar-refractivity contribution in [2.24, 2.45) is 5.92 Å². The van der Waals surface area contributed by atoms with Gasteiger partial charge in [0.05, 0.1) is 19.8 Å². The van der Waals surface area contributed by atoms with Crippen LogP contribution in [-0.2, 0) is 14.3 Å². The predicted molar refractivity (Wildman–Crippen MR) is 70.5 cm³/mol. The normalized spacial score (nSPS) is 27.4. The van der Waals surface area contributed by atoms with Crippen molar-refractivity contribution in [2.45, 2.75) is 18.9 Å². The zero-order valence-electron chi connectivity index (χ0n) is 11.8. The Hall–Kier alpha value is -1.34. The van der Waals surface area contributed by atoms with Crippen molar-refractivity contribution in [1.82, 2.24) is 9.80 Å². The number of piperidine rings is 1. The molecule has 0 aliphatic carbocycles. The Balaban J connectivity index is 1.91. The molecule has 0 saturated carbocycles. The van der Waals surface area contributed by atoms with Crippen molar-refractivity contribution in [1.29, 1.82) is 0 Å². The average molecular weight is 286 g/mol. The van der Waals surface area contributed by atoms with Gasteiger partial charge < -0.3 is 24.4 Å². The average Bonchev–Trinajstić information content (AvgIpc) is 2.47. The number of carbonyl (C=O) groups excluding carboxylic acids is 1. The van der Waals surface area contributed by atoms with Gasteiger partial charge in [0.15, 0.2) is 6.10 Å². The molecule has 0 aromatic carbocycles. The topological polar surface area (TPSA) is 79.3 Å². The van der Waals surface area contributed by atoms with Gasteiger partial charge in [-0.05, 0) is 12.8 Å². The van der Waals surface area contributed by atoms with Gasteiger partial charge in [0.1, 0.15) is 0 Å². The van der Waals surface area contributed by atoms with Gasteiger partial charge in [-0.3, -0.25) is 0 Å². The molecule has 0 bridgehead atoms. The number of amides is 2. The van der Waals surface area contributed by atoms with E-state index in [-0.39, 0.29) is 19.2 Å². The number of ether oxygens (including phenoxy) is 2. The highest BCUT2D eigenvalue weighted by Crippen LogP contribution is 2.19. The molecule has 7 heteroatoms. The van der Waals surface area contributed by atoms with Gasteiger partial charge in [-0.1, -0.05) is 0 Å². The summed E-state index contributed by atoms with van der Waals surface area (Å²) < 4.78 is 10.3. The predicted octanol–water partition coefficient (Wildman–Crippen LogP) is 0.250. The molecule has 1 N–H and O–H groups in total. The summed E-state index contributed by atoms with van der Waals surface area (Å²) in [7, 11) is 1.67. The van der Waals surface area contributed by atoms with Crippen LogP contribution in [0.1, 0.15) is 12.8 Å². The smallest absolute Gasteiger partial charge is 0.334 e. The Bertz CT molecular complexity index is 361. The van der Waals surface area contributed by atoms with Crippen LogP contribution < -0.4 is 0 Å². The molecule has 2 saturated heterocycles. The van der Waals surface area contributed by atoms with Crippen LogP contribution in [0.2, 0.25) is 0 Å². The molecule has 2 heterocycles. The molecule has 0 aromatic rings. The van der Waals surface area contributed by atoms with E-state index in [9.17, 15) is 9.59 Å². The first kappa shape index (κ1) is 15.1. The molecule has 0 radical (unpaired) electrons. The lowest BCUT2D eigenvalue weighted by atomic mass is 9.99. The number of morpholine rings is 1. The van der Waals surface area contributed by atoms with E-state index in [1.54, 1.807) is 16.9 Å². The number of likely N-dealkylation sites (tertiary alicyclic amines) is 1. The third-order valence-electron chi connectivity index (χ3n) is 3.80. The lowest BCUT2D eigenvalue weighted by Gasteiger charge is -2.38. The maximum Gasteiger partial charge on any atom is 0.334 e. The Morgan fingerprint density at radius 2 is 2.05 bits per heavy atom. The lowest BCUT2D eigenvalue weighted by Crippen LogP contribution is -2.54. The summed E-state index contributed by atoms with van der Waals surface area (Å²) >= 11 is 0. The Labute approximate surface area is 118 Å². The van der Waals surface area contributed by atoms with Crippen molar-refractivity contribution >= 4 is 12.0 Å². The molecule has 2 rings (SSSR count). The van der Waals surface area contributed by atoms with E-state index in [4.69, 9.17) is 14.6 Å². The van der Waals surface area contributed by atoms with E-state index in [1.807, 2.05) is 0 Å². The number of methoxy groups -OCH3 is 1. The molecule has 20 heavy (non-hydrogen) atoms. The van der Waals surface area contributed by atoms with E-state index < -0.39 is 12.1 Å². The fourth-order valence-electron chi connectivity index (χ4n) is 2.78. The van der Waals surface area contributed by atoms with Gasteiger partial charge in [0, 0.05) is 32.7 Å². The van der Waals surface area contributed by atoms with E-state index in [2.05, 4.69) is 0 Å². The van der Waals surface area contributed by atoms with Gasteiger partial charge in [-0.2, -0.15) is 0 Å². The van der Waals surface area contributed by atoms with Gasteiger partial charge in [-0.25, -0.2) is 9.59 Å². The highest BCUT2D eigenvalue weighted by atomic mass is 16.5. The van der Waals surface area contributed by atoms with E-state index in [0.29, 0.717) is 25.6 Å². The number of urea groups is 1. The minimum Gasteiger partial charge on any atom is -0.479 e. The number of carboxylic acid groups (broad SMARTS) is 1. The third-order valence-corrected chi connectivity index (χ3v) is 3.80. The molecular formula is C13H22N2O5. The Kier molecular flexibility index (Phi) is 5.19. The monoisotopic (exact) mass is 286 g/mol. The number of rotatable bonds is 3. The van der Waals surface area contributed by atoms with Crippen LogP contribution in [0.3, 0.4) is 0 Å². The summed E-state index contributed by atoms with van der Waals surface area (Å²) in [6.07, 6.45) is 1.12. The second kappa shape index (κ2) is 6.90. The molecule has 2 aliphatic rings. The van der Waals surface area contributed by atoms with Crippen molar-refractivity contribution in [3.05, 3.63) is 0 Å². The number of carboxylic acids is 1. The van der Waals surface area contributed by atoms with Gasteiger partial charge in [-0.15, -0.1) is 0 Å². The first-order chi connectivity index (χ1) is 9.61. The van der Waals surface area contributed by atoms with Crippen LogP contribution in [0.25, 0.3) is 0 Å². The molecule has 114 valence electrons. The lowest BCUT2D eigenvalue weighted by molar-refractivity contribution is -0.154. The summed E-state index contributed by atoms with van der Waals surface area (Å²) in [5, 5.41) is 8.97. The summed E-state index contributed by atoms with van der Waals surface area (Å²) in [5.41, 5.74) is 0. The SMILES string of the molecule is COCC1CCCN(C(=O)N2CCOC(C(=O)O)C2)C1. The van der Waals surface area contributed by atoms with Crippen LogP contribution >= 0.6 is 0 Å². The third kappa shape index (κ3) is 3.61. The summed E-state index contributed by atoms with van der Waals surface area (Å²) in [4.78, 5) is 26.8. The number of aliphatic carboxylic acids is 1. The number of hydrogen-bond donors (Lipinski definition) is 1. The van der Waals surface area contributed by atoms with Crippen LogP contribution in [0.5, 0.6) is 0 Å². The molecule has 2 amide bonds. The number of hydrogen-bond acceptors (Lipinski definition) is 4. The largest absolute Gasteiger partial charge is 0.479 e. The molecule has 2 unspecified atom stereocenters. The van der Waals surface area contributed by atoms with Crippen LogP contribution in [-0.4, -0.2) is 79.5 Å². The Morgan fingerprint density at radius 3 is 2.75 bits per heavy atom. The second-order valence-corrected chi connectivity index (χ2v) is 5.34. The molecule has 0 aromatic heterocycles. The molecule has 2 aliphatic heterocycles. The zero-order valence-corrected chi connectivity index (χ0v) is 11.8. The maximum atomic E-state index is 12.4. The fraction of sp³-hybridized carbons (Fsp3) is 0.846. The number of nitrogens with zero attached hydrogens (tertiary/aromatic N) is 2. The second-order valence-electron chi connectivity index (χ2n) is 5.34. The summed E-state index contributed by atoms with van der Waals surface area (Å²) in [5.74, 6) is -0.646. The zero-order chi connectivity index (χ0) is 14.5. The van der Waals surface area contributed by atoms with Crippen molar-refractivity contribution < 1.29 is 24.2 Å². The molecule has 0 spiro atoms. The van der Waals surface area contributed by atoms with Gasteiger partial charge in [0.25, 0.3) is 0 Å². The van der Waals surface area contributed by atoms with E-state index in [0.717, 1.165) is 19.4 Å². The quantitative estimate of drug-likeness (QED) is 0.804. The van der Waals surface area contributed by atoms with Crippen LogP contribution in [0, 0.1) is 5.92 Å². The minimum atomic E-state index is -1.02. The maximum absolute atomic E-state index is 12.4. The fourth-order valence-corrected chi connectivity index (χ4v) is 2.78. The van der Waals surface area contributed by atoms with E-state index in [1.165, 1.54) is 0 Å². The molecule has 2 atom stereocenters. The molecule has 7 nitrogen and oxygen atoms in total. The first-order valence-electron chi connectivity index (χ1n) is 6.99. The highest BCUT2D eigenvalue weighted by Gasteiger charge is 2.33. The van der Waals surface area contributed by atoms with Crippen LogP contribution in [0.4, 0.5) is 4.79 Å². The highest BCUT2D eigenvalue weighted by molar-refractivity contribution is 5.77. The summed E-state index contributed by atoms with van der Waals surface area (Å²) in [6, 6.07) is -0.0830. The van der Waals surface area contributed by atoms with Gasteiger partial charge >= 0.3 is 12.0 Å². The van der Waals surface area contributed by atoms with Gasteiger partial charge in [0.2, 0.25) is 0 Å². The molecular weight excluding hydrogens is 264 g/mol. The number of carbonyl (C=O) groups is 2. The summed E-state index contributed by atoms with van der Waals surface area (Å²) in [6.45, 7) is 2.92. The van der Waals surface area contributed by atoms with E-state index >= 15 is 0 Å². The standard InChI is InChI=1S/C13H22N2O5/c1-19-9-10-3-2-4-14(7-10)13(18)15-5-6-20-11(8-15)12(16)17/h10-11H,2-9H2,1H3,(H,16,17).